The van der Waals surface area contributed by atoms with Crippen LogP contribution in [-0.2, 0) is 6.54 Å². The minimum Gasteiger partial charge on any atom is -0.477 e. The zero-order valence-corrected chi connectivity index (χ0v) is 16.5. The van der Waals surface area contributed by atoms with Gasteiger partial charge in [-0.2, -0.15) is 0 Å². The second kappa shape index (κ2) is 7.57. The normalized spacial score (nSPS) is 11.0. The summed E-state index contributed by atoms with van der Waals surface area (Å²) in [6, 6.07) is 21.9. The highest BCUT2D eigenvalue weighted by atomic mass is 35.5. The minimum atomic E-state index is -1.16. The van der Waals surface area contributed by atoms with E-state index in [1.54, 1.807) is 18.2 Å². The summed E-state index contributed by atoms with van der Waals surface area (Å²) in [5, 5.41) is 11.5. The Hall–Kier alpha value is -3.37. The van der Waals surface area contributed by atoms with Gasteiger partial charge in [0.2, 0.25) is 0 Å². The fraction of sp³-hybridized carbons (Fsp3) is 0.0833. The number of carbonyl (C=O) groups is 1. The summed E-state index contributed by atoms with van der Waals surface area (Å²) < 4.78 is 1.34. The van der Waals surface area contributed by atoms with Gasteiger partial charge in [0, 0.05) is 16.0 Å². The van der Waals surface area contributed by atoms with Gasteiger partial charge in [0.25, 0.3) is 5.56 Å². The highest BCUT2D eigenvalue weighted by Crippen LogP contribution is 2.33. The van der Waals surface area contributed by atoms with Crippen LogP contribution in [0.3, 0.4) is 0 Å². The van der Waals surface area contributed by atoms with E-state index < -0.39 is 5.97 Å². The molecule has 4 rings (SSSR count). The smallest absolute Gasteiger partial charge is 0.353 e. The molecule has 0 fully saturated rings. The van der Waals surface area contributed by atoms with E-state index >= 15 is 0 Å². The molecular formula is C24H18ClNO3. The third kappa shape index (κ3) is 3.55. The fourth-order valence-electron chi connectivity index (χ4n) is 3.57. The van der Waals surface area contributed by atoms with E-state index in [1.807, 2.05) is 61.5 Å². The minimum absolute atomic E-state index is 0.0440. The maximum absolute atomic E-state index is 13.3. The molecule has 0 spiro atoms. The summed E-state index contributed by atoms with van der Waals surface area (Å²) in [6.45, 7) is 2.13. The van der Waals surface area contributed by atoms with Crippen molar-refractivity contribution in [2.24, 2.45) is 0 Å². The molecule has 0 saturated heterocycles. The summed E-state index contributed by atoms with van der Waals surface area (Å²) in [5.74, 6) is -1.16. The number of carboxylic acids is 1. The number of hydrogen-bond donors (Lipinski definition) is 1. The maximum Gasteiger partial charge on any atom is 0.353 e. The van der Waals surface area contributed by atoms with Crippen molar-refractivity contribution < 1.29 is 9.90 Å². The van der Waals surface area contributed by atoms with Gasteiger partial charge in [0.05, 0.1) is 6.54 Å². The van der Waals surface area contributed by atoms with E-state index in [1.165, 1.54) is 4.57 Å². The monoisotopic (exact) mass is 403 g/mol. The fourth-order valence-corrected chi connectivity index (χ4v) is 3.74. The van der Waals surface area contributed by atoms with Crippen LogP contribution in [0.4, 0.5) is 0 Å². The van der Waals surface area contributed by atoms with Crippen LogP contribution in [0.2, 0.25) is 5.02 Å². The molecule has 5 heteroatoms. The van der Waals surface area contributed by atoms with Gasteiger partial charge in [0.1, 0.15) is 5.69 Å². The Kier molecular flexibility index (Phi) is 4.95. The number of halogens is 1. The van der Waals surface area contributed by atoms with E-state index in [4.69, 9.17) is 11.6 Å². The second-order valence-corrected chi connectivity index (χ2v) is 7.40. The molecule has 144 valence electrons. The van der Waals surface area contributed by atoms with Crippen molar-refractivity contribution in [3.8, 4) is 11.1 Å². The number of aryl methyl sites for hydroxylation is 1. The van der Waals surface area contributed by atoms with Crippen LogP contribution in [0.5, 0.6) is 0 Å². The van der Waals surface area contributed by atoms with Gasteiger partial charge in [-0.05, 0) is 41.6 Å². The van der Waals surface area contributed by atoms with E-state index in [2.05, 4.69) is 0 Å². The molecule has 4 aromatic rings. The topological polar surface area (TPSA) is 59.3 Å². The third-order valence-electron chi connectivity index (χ3n) is 4.96. The van der Waals surface area contributed by atoms with E-state index in [0.29, 0.717) is 21.4 Å². The van der Waals surface area contributed by atoms with Crippen LogP contribution in [0.15, 0.2) is 77.6 Å². The molecule has 3 aromatic carbocycles. The number of benzene rings is 3. The number of carboxylic acid groups (broad SMARTS) is 1. The summed E-state index contributed by atoms with van der Waals surface area (Å²) >= 11 is 6.20. The third-order valence-corrected chi connectivity index (χ3v) is 5.19. The van der Waals surface area contributed by atoms with Gasteiger partial charge < -0.3 is 5.11 Å². The molecule has 0 amide bonds. The maximum atomic E-state index is 13.3. The lowest BCUT2D eigenvalue weighted by atomic mass is 9.95. The lowest BCUT2D eigenvalue weighted by molar-refractivity contribution is 0.0685. The number of aromatic carboxylic acids is 1. The molecule has 0 unspecified atom stereocenters. The van der Waals surface area contributed by atoms with E-state index in [-0.39, 0.29) is 17.8 Å². The first-order valence-electron chi connectivity index (χ1n) is 9.16. The van der Waals surface area contributed by atoms with Crippen LogP contribution in [-0.4, -0.2) is 15.6 Å². The van der Waals surface area contributed by atoms with Crippen LogP contribution >= 0.6 is 11.6 Å². The molecule has 29 heavy (non-hydrogen) atoms. The van der Waals surface area contributed by atoms with Gasteiger partial charge in [-0.3, -0.25) is 9.36 Å². The average Bonchev–Trinajstić information content (AvgIpc) is 2.71. The molecule has 0 saturated carbocycles. The van der Waals surface area contributed by atoms with E-state index in [9.17, 15) is 14.7 Å². The molecule has 0 bridgehead atoms. The Balaban J connectivity index is 2.12. The van der Waals surface area contributed by atoms with Crippen LogP contribution < -0.4 is 5.56 Å². The molecule has 0 atom stereocenters. The van der Waals surface area contributed by atoms with E-state index in [0.717, 1.165) is 16.7 Å². The van der Waals surface area contributed by atoms with Crippen molar-refractivity contribution in [2.45, 2.75) is 13.5 Å². The molecular weight excluding hydrogens is 386 g/mol. The first-order chi connectivity index (χ1) is 14.0. The standard InChI is InChI=1S/C24H18ClNO3/c1-15-7-9-17(10-8-15)21-20-13-18(25)11-12-19(20)23(27)26(22(21)24(28)29)14-16-5-3-2-4-6-16/h2-13H,14H2,1H3,(H,28,29). The van der Waals surface area contributed by atoms with Crippen LogP contribution in [0, 0.1) is 6.92 Å². The number of nitrogens with zero attached hydrogens (tertiary/aromatic N) is 1. The molecule has 1 aromatic heterocycles. The predicted molar refractivity (Wildman–Crippen MR) is 116 cm³/mol. The first kappa shape index (κ1) is 19.0. The predicted octanol–water partition coefficient (Wildman–Crippen LogP) is 5.38. The number of pyridine rings is 1. The van der Waals surface area contributed by atoms with Gasteiger partial charge >= 0.3 is 5.97 Å². The van der Waals surface area contributed by atoms with Crippen molar-refractivity contribution in [1.29, 1.82) is 0 Å². The number of fused-ring (bicyclic) bond motifs is 1. The quantitative estimate of drug-likeness (QED) is 0.498. The van der Waals surface area contributed by atoms with Crippen molar-refractivity contribution in [1.82, 2.24) is 4.57 Å². The Morgan fingerprint density at radius 3 is 2.31 bits per heavy atom. The van der Waals surface area contributed by atoms with Gasteiger partial charge in [-0.15, -0.1) is 0 Å². The molecule has 4 nitrogen and oxygen atoms in total. The Morgan fingerprint density at radius 2 is 1.66 bits per heavy atom. The highest BCUT2D eigenvalue weighted by Gasteiger charge is 2.23. The van der Waals surface area contributed by atoms with Crippen molar-refractivity contribution in [3.63, 3.8) is 0 Å². The molecule has 0 aliphatic rings. The van der Waals surface area contributed by atoms with Crippen molar-refractivity contribution >= 4 is 28.3 Å². The number of rotatable bonds is 4. The molecule has 0 radical (unpaired) electrons. The number of hydrogen-bond acceptors (Lipinski definition) is 2. The summed E-state index contributed by atoms with van der Waals surface area (Å²) in [7, 11) is 0. The second-order valence-electron chi connectivity index (χ2n) is 6.96. The summed E-state index contributed by atoms with van der Waals surface area (Å²) in [4.78, 5) is 25.6. The average molecular weight is 404 g/mol. The van der Waals surface area contributed by atoms with Crippen molar-refractivity contribution in [3.05, 3.63) is 105 Å². The Morgan fingerprint density at radius 1 is 0.966 bits per heavy atom. The molecule has 1 N–H and O–H groups in total. The van der Waals surface area contributed by atoms with Crippen molar-refractivity contribution in [2.75, 3.05) is 0 Å². The molecule has 0 aliphatic heterocycles. The van der Waals surface area contributed by atoms with Gasteiger partial charge in [0.15, 0.2) is 0 Å². The lowest BCUT2D eigenvalue weighted by Crippen LogP contribution is -2.28. The zero-order chi connectivity index (χ0) is 20.5. The summed E-state index contributed by atoms with van der Waals surface area (Å²) in [6.07, 6.45) is 0. The largest absolute Gasteiger partial charge is 0.477 e. The van der Waals surface area contributed by atoms with Gasteiger partial charge in [-0.25, -0.2) is 4.79 Å². The Bertz CT molecular complexity index is 1280. The molecule has 1 heterocycles. The lowest BCUT2D eigenvalue weighted by Gasteiger charge is -2.18. The number of aromatic nitrogens is 1. The highest BCUT2D eigenvalue weighted by molar-refractivity contribution is 6.31. The van der Waals surface area contributed by atoms with Crippen LogP contribution in [0.1, 0.15) is 21.6 Å². The summed E-state index contributed by atoms with van der Waals surface area (Å²) in [5.41, 5.74) is 2.73. The zero-order valence-electron chi connectivity index (χ0n) is 15.7. The first-order valence-corrected chi connectivity index (χ1v) is 9.54. The SMILES string of the molecule is Cc1ccc(-c2c(C(=O)O)n(Cc3ccccc3)c(=O)c3ccc(Cl)cc23)cc1. The Labute approximate surface area is 172 Å². The van der Waals surface area contributed by atoms with Crippen LogP contribution in [0.25, 0.3) is 21.9 Å². The van der Waals surface area contributed by atoms with Gasteiger partial charge in [-0.1, -0.05) is 71.8 Å². The molecule has 0 aliphatic carbocycles.